The zero-order chi connectivity index (χ0) is 26.6. The molecule has 4 N–H and O–H groups in total. The second-order valence-corrected chi connectivity index (χ2v) is 10.5. The molecule has 0 atom stereocenters. The molecule has 0 spiro atoms. The number of nitro benzene ring substituents is 1. The van der Waals surface area contributed by atoms with Crippen LogP contribution in [0.2, 0.25) is 0 Å². The number of benzene rings is 4. The molecule has 15 heteroatoms. The summed E-state index contributed by atoms with van der Waals surface area (Å²) in [4.78, 5) is 8.71. The van der Waals surface area contributed by atoms with E-state index in [9.17, 15) is 46.3 Å². The number of rotatable bonds is 5. The predicted octanol–water partition coefficient (Wildman–Crippen LogP) is 4.53. The van der Waals surface area contributed by atoms with Crippen LogP contribution in [0.3, 0.4) is 0 Å². The topological polar surface area (TPSA) is 217 Å². The Morgan fingerprint density at radius 2 is 1.39 bits per heavy atom. The van der Waals surface area contributed by atoms with E-state index in [0.29, 0.717) is 6.07 Å². The summed E-state index contributed by atoms with van der Waals surface area (Å²) in [5, 5.41) is 39.6. The van der Waals surface area contributed by atoms with Crippen molar-refractivity contribution < 1.29 is 41.1 Å². The molecule has 0 saturated heterocycles. The summed E-state index contributed by atoms with van der Waals surface area (Å²) in [7, 11) is -9.87. The van der Waals surface area contributed by atoms with Gasteiger partial charge in [0.25, 0.3) is 25.9 Å². The van der Waals surface area contributed by atoms with Crippen LogP contribution in [0.5, 0.6) is 11.5 Å². The van der Waals surface area contributed by atoms with Gasteiger partial charge in [0.05, 0.1) is 4.92 Å². The predicted molar refractivity (Wildman–Crippen MR) is 126 cm³/mol. The molecule has 0 heterocycles. The number of aryl methyl sites for hydroxylation is 1. The van der Waals surface area contributed by atoms with Gasteiger partial charge in [-0.3, -0.25) is 19.2 Å². The van der Waals surface area contributed by atoms with Gasteiger partial charge in [0, 0.05) is 34.4 Å². The first kappa shape index (κ1) is 24.9. The molecule has 0 bridgehead atoms. The highest BCUT2D eigenvalue weighted by molar-refractivity contribution is 7.86. The standard InChI is InChI=1S/C21H15N3O10S2/c1-10-2-4-13-11(6-10)7-18(36(32,33)34)20(21(13)26)23-22-19-14-5-3-12(24(27)28)8-15(14)17(9-16(19)25)35(29,30)31/h2-9,25-26H,1H3,(H,29,30,31)(H,32,33,34). The van der Waals surface area contributed by atoms with E-state index in [0.717, 1.165) is 29.8 Å². The SMILES string of the molecule is Cc1ccc2c(O)c(N=Nc3c(O)cc(S(=O)(=O)O)c4cc([N+](=O)[O-])ccc34)c(S(=O)(=O)O)cc2c1. The quantitative estimate of drug-likeness (QED) is 0.121. The third-order valence-electron chi connectivity index (χ3n) is 5.26. The molecule has 0 fully saturated rings. The molecule has 36 heavy (non-hydrogen) atoms. The van der Waals surface area contributed by atoms with Crippen molar-refractivity contribution in [2.24, 2.45) is 10.2 Å². The first-order valence-electron chi connectivity index (χ1n) is 9.75. The molecule has 0 radical (unpaired) electrons. The second-order valence-electron chi connectivity index (χ2n) is 7.68. The zero-order valence-electron chi connectivity index (χ0n) is 18.0. The van der Waals surface area contributed by atoms with Gasteiger partial charge in [-0.25, -0.2) is 0 Å². The van der Waals surface area contributed by atoms with Crippen molar-refractivity contribution in [3.8, 4) is 11.5 Å². The Kier molecular flexibility index (Phi) is 5.88. The molecular weight excluding hydrogens is 518 g/mol. The van der Waals surface area contributed by atoms with Crippen molar-refractivity contribution in [1.29, 1.82) is 0 Å². The number of nitro groups is 1. The van der Waals surface area contributed by atoms with Gasteiger partial charge >= 0.3 is 0 Å². The van der Waals surface area contributed by atoms with Crippen LogP contribution in [0, 0.1) is 17.0 Å². The molecular formula is C21H15N3O10S2. The fourth-order valence-electron chi connectivity index (χ4n) is 3.65. The van der Waals surface area contributed by atoms with Crippen LogP contribution < -0.4 is 0 Å². The van der Waals surface area contributed by atoms with E-state index in [4.69, 9.17) is 0 Å². The lowest BCUT2D eigenvalue weighted by atomic mass is 10.1. The van der Waals surface area contributed by atoms with Gasteiger partial charge in [0.2, 0.25) is 0 Å². The summed E-state index contributed by atoms with van der Waals surface area (Å²) in [6.07, 6.45) is 0. The lowest BCUT2D eigenvalue weighted by Crippen LogP contribution is -2.00. The number of nitrogens with zero attached hydrogens (tertiary/aromatic N) is 3. The molecule has 0 aliphatic carbocycles. The maximum Gasteiger partial charge on any atom is 0.296 e. The van der Waals surface area contributed by atoms with Crippen molar-refractivity contribution in [2.45, 2.75) is 16.7 Å². The van der Waals surface area contributed by atoms with Crippen LogP contribution >= 0.6 is 0 Å². The Labute approximate surface area is 202 Å². The highest BCUT2D eigenvalue weighted by Gasteiger charge is 2.24. The van der Waals surface area contributed by atoms with Gasteiger partial charge in [0.1, 0.15) is 26.9 Å². The number of hydrogen-bond acceptors (Lipinski definition) is 10. The molecule has 0 unspecified atom stereocenters. The normalized spacial score (nSPS) is 12.5. The Hall–Kier alpha value is -4.18. The Morgan fingerprint density at radius 3 is 2.00 bits per heavy atom. The van der Waals surface area contributed by atoms with E-state index >= 15 is 0 Å². The summed E-state index contributed by atoms with van der Waals surface area (Å²) in [6.45, 7) is 1.73. The lowest BCUT2D eigenvalue weighted by Gasteiger charge is -2.11. The summed E-state index contributed by atoms with van der Waals surface area (Å²) in [5.41, 5.74) is -0.932. The average Bonchev–Trinajstić information content (AvgIpc) is 2.77. The van der Waals surface area contributed by atoms with Crippen molar-refractivity contribution in [1.82, 2.24) is 0 Å². The van der Waals surface area contributed by atoms with Gasteiger partial charge in [-0.15, -0.1) is 10.2 Å². The molecule has 4 aromatic carbocycles. The fourth-order valence-corrected chi connectivity index (χ4v) is 5.01. The van der Waals surface area contributed by atoms with Crippen molar-refractivity contribution in [2.75, 3.05) is 0 Å². The third-order valence-corrected chi connectivity index (χ3v) is 7.02. The van der Waals surface area contributed by atoms with E-state index in [1.165, 1.54) is 6.07 Å². The lowest BCUT2D eigenvalue weighted by molar-refractivity contribution is -0.384. The minimum Gasteiger partial charge on any atom is -0.506 e. The molecule has 0 aliphatic rings. The fraction of sp³-hybridized carbons (Fsp3) is 0.0476. The van der Waals surface area contributed by atoms with Crippen LogP contribution in [-0.4, -0.2) is 41.1 Å². The van der Waals surface area contributed by atoms with E-state index in [2.05, 4.69) is 10.2 Å². The molecule has 186 valence electrons. The largest absolute Gasteiger partial charge is 0.506 e. The molecule has 13 nitrogen and oxygen atoms in total. The molecule has 0 aromatic heterocycles. The van der Waals surface area contributed by atoms with E-state index in [1.807, 2.05) is 0 Å². The van der Waals surface area contributed by atoms with Crippen LogP contribution in [0.1, 0.15) is 5.56 Å². The van der Waals surface area contributed by atoms with Crippen LogP contribution in [0.4, 0.5) is 17.1 Å². The number of hydrogen-bond donors (Lipinski definition) is 4. The van der Waals surface area contributed by atoms with Gasteiger partial charge in [-0.1, -0.05) is 23.8 Å². The van der Waals surface area contributed by atoms with Crippen molar-refractivity contribution in [3.05, 3.63) is 64.2 Å². The number of non-ortho nitro benzene ring substituents is 1. The monoisotopic (exact) mass is 533 g/mol. The number of azo groups is 1. The molecule has 0 amide bonds. The number of phenolic OH excluding ortho intramolecular Hbond substituents is 2. The van der Waals surface area contributed by atoms with E-state index < -0.39 is 63.5 Å². The first-order valence-corrected chi connectivity index (χ1v) is 12.6. The summed E-state index contributed by atoms with van der Waals surface area (Å²) in [6, 6.07) is 9.19. The van der Waals surface area contributed by atoms with Crippen molar-refractivity contribution in [3.63, 3.8) is 0 Å². The maximum absolute atomic E-state index is 12.0. The Morgan fingerprint density at radius 1 is 0.778 bits per heavy atom. The maximum atomic E-state index is 12.0. The third kappa shape index (κ3) is 4.42. The molecule has 0 saturated carbocycles. The second kappa shape index (κ2) is 8.49. The van der Waals surface area contributed by atoms with Crippen LogP contribution in [0.25, 0.3) is 21.5 Å². The van der Waals surface area contributed by atoms with Gasteiger partial charge in [-0.2, -0.15) is 16.8 Å². The van der Waals surface area contributed by atoms with Crippen LogP contribution in [-0.2, 0) is 20.2 Å². The van der Waals surface area contributed by atoms with E-state index in [-0.39, 0.29) is 21.5 Å². The molecule has 4 rings (SSSR count). The molecule has 4 aromatic rings. The summed E-state index contributed by atoms with van der Waals surface area (Å²) < 4.78 is 66.9. The number of fused-ring (bicyclic) bond motifs is 2. The first-order chi connectivity index (χ1) is 16.7. The summed E-state index contributed by atoms with van der Waals surface area (Å²) in [5.74, 6) is -1.49. The average molecular weight is 533 g/mol. The van der Waals surface area contributed by atoms with Crippen molar-refractivity contribution >= 4 is 58.8 Å². The minimum atomic E-state index is -4.95. The molecule has 0 aliphatic heterocycles. The van der Waals surface area contributed by atoms with Gasteiger partial charge in [-0.05, 0) is 24.4 Å². The van der Waals surface area contributed by atoms with Gasteiger partial charge in [0.15, 0.2) is 5.75 Å². The number of phenols is 2. The Balaban J connectivity index is 2.03. The minimum absolute atomic E-state index is 0.174. The highest BCUT2D eigenvalue weighted by Crippen LogP contribution is 2.44. The van der Waals surface area contributed by atoms with E-state index in [1.54, 1.807) is 19.1 Å². The zero-order valence-corrected chi connectivity index (χ0v) is 19.6. The van der Waals surface area contributed by atoms with Crippen LogP contribution in [0.15, 0.2) is 68.6 Å². The highest BCUT2D eigenvalue weighted by atomic mass is 32.2. The Bertz CT molecular complexity index is 1850. The summed E-state index contributed by atoms with van der Waals surface area (Å²) >= 11 is 0. The number of aromatic hydroxyl groups is 2. The smallest absolute Gasteiger partial charge is 0.296 e. The van der Waals surface area contributed by atoms with Gasteiger partial charge < -0.3 is 10.2 Å².